The largest absolute Gasteiger partial charge is 0.479 e. The van der Waals surface area contributed by atoms with Crippen molar-refractivity contribution in [1.29, 1.82) is 0 Å². The molecule has 0 bridgehead atoms. The second-order valence-corrected chi connectivity index (χ2v) is 4.56. The van der Waals surface area contributed by atoms with Crippen molar-refractivity contribution >= 4 is 23.5 Å². The number of carbonyl (C=O) groups excluding carboxylic acids is 2. The van der Waals surface area contributed by atoms with Crippen molar-refractivity contribution in [2.24, 2.45) is 0 Å². The number of aliphatic carboxylic acids is 1. The van der Waals surface area contributed by atoms with Gasteiger partial charge in [0.2, 0.25) is 0 Å². The number of benzene rings is 1. The summed E-state index contributed by atoms with van der Waals surface area (Å²) < 4.78 is 9.79. The zero-order valence-electron chi connectivity index (χ0n) is 11.4. The molecule has 1 aliphatic heterocycles. The van der Waals surface area contributed by atoms with Gasteiger partial charge in [0.15, 0.2) is 6.10 Å². The number of hydrogen-bond acceptors (Lipinski definition) is 5. The molecule has 7 nitrogen and oxygen atoms in total. The molecule has 7 heteroatoms. The van der Waals surface area contributed by atoms with Gasteiger partial charge in [0, 0.05) is 0 Å². The summed E-state index contributed by atoms with van der Waals surface area (Å²) in [5.41, 5.74) is 0.526. The van der Waals surface area contributed by atoms with Crippen LogP contribution in [0.1, 0.15) is 23.2 Å². The van der Waals surface area contributed by atoms with Crippen LogP contribution in [0, 0.1) is 0 Å². The summed E-state index contributed by atoms with van der Waals surface area (Å²) >= 11 is 0. The predicted molar refractivity (Wildman–Crippen MR) is 71.9 cm³/mol. The number of carboxylic acid groups (broad SMARTS) is 1. The van der Waals surface area contributed by atoms with Crippen molar-refractivity contribution in [3.8, 4) is 0 Å². The van der Waals surface area contributed by atoms with E-state index in [1.807, 2.05) is 0 Å². The number of nitrogens with one attached hydrogen (secondary N) is 1. The van der Waals surface area contributed by atoms with Crippen LogP contribution < -0.4 is 5.32 Å². The molecule has 0 spiro atoms. The number of carboxylic acids is 1. The number of esters is 1. The molecule has 0 aromatic heterocycles. The summed E-state index contributed by atoms with van der Waals surface area (Å²) in [6, 6.07) is 6.40. The van der Waals surface area contributed by atoms with Gasteiger partial charge in [-0.05, 0) is 25.0 Å². The average molecular weight is 293 g/mol. The van der Waals surface area contributed by atoms with Crippen LogP contribution >= 0.6 is 0 Å². The molecule has 1 fully saturated rings. The van der Waals surface area contributed by atoms with E-state index in [2.05, 4.69) is 10.1 Å². The van der Waals surface area contributed by atoms with Gasteiger partial charge in [-0.15, -0.1) is 0 Å². The molecule has 1 aliphatic rings. The van der Waals surface area contributed by atoms with Crippen LogP contribution in [0.15, 0.2) is 24.3 Å². The lowest BCUT2D eigenvalue weighted by atomic mass is 10.1. The second-order valence-electron chi connectivity index (χ2n) is 4.56. The zero-order valence-corrected chi connectivity index (χ0v) is 11.4. The van der Waals surface area contributed by atoms with Gasteiger partial charge in [0.1, 0.15) is 6.10 Å². The highest BCUT2D eigenvalue weighted by Crippen LogP contribution is 2.22. The lowest BCUT2D eigenvalue weighted by Crippen LogP contribution is -2.30. The molecule has 21 heavy (non-hydrogen) atoms. The van der Waals surface area contributed by atoms with Gasteiger partial charge >= 0.3 is 11.9 Å². The highest BCUT2D eigenvalue weighted by atomic mass is 16.5. The minimum absolute atomic E-state index is 0.223. The molecule has 0 radical (unpaired) electrons. The van der Waals surface area contributed by atoms with Crippen molar-refractivity contribution in [1.82, 2.24) is 0 Å². The second kappa shape index (κ2) is 6.36. The Kier molecular flexibility index (Phi) is 4.54. The quantitative estimate of drug-likeness (QED) is 0.804. The molecule has 0 saturated carbocycles. The lowest BCUT2D eigenvalue weighted by Gasteiger charge is -2.13. The highest BCUT2D eigenvalue weighted by molar-refractivity contribution is 6.02. The molecule has 1 amide bonds. The molecular formula is C14H15NO6. The Morgan fingerprint density at radius 1 is 1.24 bits per heavy atom. The fourth-order valence-electron chi connectivity index (χ4n) is 2.10. The number of methoxy groups -OCH3 is 1. The first-order chi connectivity index (χ1) is 10.0. The van der Waals surface area contributed by atoms with Gasteiger partial charge < -0.3 is 19.9 Å². The molecule has 1 heterocycles. The zero-order chi connectivity index (χ0) is 15.4. The molecule has 2 rings (SSSR count). The summed E-state index contributed by atoms with van der Waals surface area (Å²) in [6.07, 6.45) is -1.19. The Morgan fingerprint density at radius 3 is 2.52 bits per heavy atom. The summed E-state index contributed by atoms with van der Waals surface area (Å²) in [5.74, 6) is -2.13. The lowest BCUT2D eigenvalue weighted by molar-refractivity contribution is -0.150. The van der Waals surface area contributed by atoms with Crippen molar-refractivity contribution in [2.75, 3.05) is 12.4 Å². The Bertz CT molecular complexity index is 570. The van der Waals surface area contributed by atoms with Gasteiger partial charge in [-0.25, -0.2) is 9.59 Å². The van der Waals surface area contributed by atoms with E-state index < -0.39 is 30.1 Å². The van der Waals surface area contributed by atoms with Crippen molar-refractivity contribution in [3.63, 3.8) is 0 Å². The molecule has 2 unspecified atom stereocenters. The maximum absolute atomic E-state index is 12.1. The smallest absolute Gasteiger partial charge is 0.339 e. The fourth-order valence-corrected chi connectivity index (χ4v) is 2.10. The van der Waals surface area contributed by atoms with Crippen molar-refractivity contribution in [3.05, 3.63) is 29.8 Å². The van der Waals surface area contributed by atoms with Crippen LogP contribution in [0.4, 0.5) is 5.69 Å². The number of amides is 1. The summed E-state index contributed by atoms with van der Waals surface area (Å²) in [7, 11) is 1.25. The van der Waals surface area contributed by atoms with Crippen LogP contribution in [-0.4, -0.2) is 42.3 Å². The first-order valence-electron chi connectivity index (χ1n) is 6.39. The highest BCUT2D eigenvalue weighted by Gasteiger charge is 2.35. The Morgan fingerprint density at radius 2 is 1.90 bits per heavy atom. The molecule has 1 aromatic carbocycles. The minimum atomic E-state index is -1.08. The van der Waals surface area contributed by atoms with E-state index in [1.165, 1.54) is 13.2 Å². The molecule has 0 aliphatic carbocycles. The van der Waals surface area contributed by atoms with E-state index in [0.717, 1.165) is 0 Å². The van der Waals surface area contributed by atoms with E-state index in [1.54, 1.807) is 18.2 Å². The average Bonchev–Trinajstić information content (AvgIpc) is 2.97. The molecule has 2 N–H and O–H groups in total. The number of anilines is 1. The maximum atomic E-state index is 12.1. The molecule has 112 valence electrons. The summed E-state index contributed by atoms with van der Waals surface area (Å²) in [5, 5.41) is 11.4. The Labute approximate surface area is 120 Å². The molecular weight excluding hydrogens is 278 g/mol. The SMILES string of the molecule is COC(=O)c1ccccc1NC(=O)C1CCC(C(=O)O)O1. The number of carbonyl (C=O) groups is 3. The van der Waals surface area contributed by atoms with Crippen LogP contribution in [0.3, 0.4) is 0 Å². The fraction of sp³-hybridized carbons (Fsp3) is 0.357. The van der Waals surface area contributed by atoms with E-state index in [0.29, 0.717) is 12.1 Å². The van der Waals surface area contributed by atoms with Crippen LogP contribution in [0.5, 0.6) is 0 Å². The van der Waals surface area contributed by atoms with Gasteiger partial charge in [-0.1, -0.05) is 12.1 Å². The Balaban J connectivity index is 2.07. The van der Waals surface area contributed by atoms with Crippen LogP contribution in [0.25, 0.3) is 0 Å². The van der Waals surface area contributed by atoms with Gasteiger partial charge in [-0.2, -0.15) is 0 Å². The topological polar surface area (TPSA) is 102 Å². The monoisotopic (exact) mass is 293 g/mol. The maximum Gasteiger partial charge on any atom is 0.339 e. The van der Waals surface area contributed by atoms with Gasteiger partial charge in [0.05, 0.1) is 18.4 Å². The molecule has 1 saturated heterocycles. The number of para-hydroxylation sites is 1. The third-order valence-corrected chi connectivity index (χ3v) is 3.18. The van der Waals surface area contributed by atoms with E-state index >= 15 is 0 Å². The van der Waals surface area contributed by atoms with E-state index in [4.69, 9.17) is 9.84 Å². The van der Waals surface area contributed by atoms with Crippen molar-refractivity contribution < 1.29 is 29.0 Å². The van der Waals surface area contributed by atoms with E-state index in [9.17, 15) is 14.4 Å². The molecule has 2 atom stereocenters. The standard InChI is InChI=1S/C14H15NO6/c1-20-14(19)8-4-2-3-5-9(8)15-12(16)10-6-7-11(21-10)13(17)18/h2-5,10-11H,6-7H2,1H3,(H,15,16)(H,17,18). The number of ether oxygens (including phenoxy) is 2. The minimum Gasteiger partial charge on any atom is -0.479 e. The normalized spacial score (nSPS) is 20.8. The summed E-state index contributed by atoms with van der Waals surface area (Å²) in [6.45, 7) is 0. The van der Waals surface area contributed by atoms with Crippen LogP contribution in [0.2, 0.25) is 0 Å². The van der Waals surface area contributed by atoms with Crippen molar-refractivity contribution in [2.45, 2.75) is 25.0 Å². The third-order valence-electron chi connectivity index (χ3n) is 3.18. The predicted octanol–water partition coefficient (Wildman–Crippen LogP) is 1.04. The molecule has 1 aromatic rings. The summed E-state index contributed by atoms with van der Waals surface area (Å²) in [4.78, 5) is 34.5. The van der Waals surface area contributed by atoms with Gasteiger partial charge in [0.25, 0.3) is 5.91 Å². The Hall–Kier alpha value is -2.41. The first kappa shape index (κ1) is 15.0. The van der Waals surface area contributed by atoms with Crippen LogP contribution in [-0.2, 0) is 19.1 Å². The first-order valence-corrected chi connectivity index (χ1v) is 6.39. The van der Waals surface area contributed by atoms with E-state index in [-0.39, 0.29) is 12.0 Å². The third kappa shape index (κ3) is 3.38. The number of rotatable bonds is 4. The number of hydrogen-bond donors (Lipinski definition) is 2. The van der Waals surface area contributed by atoms with Gasteiger partial charge in [-0.3, -0.25) is 4.79 Å².